The molecular weight excluding hydrogens is 388 g/mol. The normalized spacial score (nSPS) is 11.4. The summed E-state index contributed by atoms with van der Waals surface area (Å²) in [6, 6.07) is 6.10. The van der Waals surface area contributed by atoms with Crippen molar-refractivity contribution in [1.82, 2.24) is 0 Å². The smallest absolute Gasteiger partial charge is 0.339 e. The van der Waals surface area contributed by atoms with Crippen molar-refractivity contribution < 1.29 is 19.4 Å². The van der Waals surface area contributed by atoms with E-state index in [0.717, 1.165) is 32.1 Å². The number of aromatic carboxylic acids is 1. The number of carbonyl (C=O) groups is 2. The second-order valence-electron chi connectivity index (χ2n) is 6.63. The van der Waals surface area contributed by atoms with Crippen molar-refractivity contribution in [3.63, 3.8) is 0 Å². The van der Waals surface area contributed by atoms with Crippen molar-refractivity contribution in [1.29, 1.82) is 0 Å². The Balaban J connectivity index is 2.17. The minimum atomic E-state index is -1.12. The van der Waals surface area contributed by atoms with E-state index in [9.17, 15) is 9.59 Å². The van der Waals surface area contributed by atoms with Crippen LogP contribution in [-0.2, 0) is 4.79 Å². The standard InChI is InChI=1S/C27H32O4/c1-2-3-4-5-6-7-8-9-10-11-12-13-14-15-16-17-18-23-26(28)31-25-22-20-19-21-24(25)27(29)30/h3-4,6-7,9-10,12-13,15,17,19-22H,2,5,8,11,14,18,23H2,1H3,(H,29,30)/b4-3-,7-6-,10-9-,13-12-. The first-order valence-electron chi connectivity index (χ1n) is 10.7. The highest BCUT2D eigenvalue weighted by Gasteiger charge is 2.13. The molecule has 164 valence electrons. The Kier molecular flexibility index (Phi) is 14.5. The van der Waals surface area contributed by atoms with Crippen molar-refractivity contribution in [2.24, 2.45) is 0 Å². The molecule has 0 unspecified atom stereocenters. The van der Waals surface area contributed by atoms with Crippen LogP contribution in [0.25, 0.3) is 0 Å². The van der Waals surface area contributed by atoms with E-state index in [2.05, 4.69) is 61.3 Å². The van der Waals surface area contributed by atoms with Crippen molar-refractivity contribution in [3.05, 3.63) is 96.3 Å². The molecule has 0 bridgehead atoms. The molecule has 0 spiro atoms. The third kappa shape index (κ3) is 13.5. The third-order valence-corrected chi connectivity index (χ3v) is 4.04. The lowest BCUT2D eigenvalue weighted by molar-refractivity contribution is -0.134. The molecule has 1 aromatic rings. The molecule has 0 fully saturated rings. The van der Waals surface area contributed by atoms with Gasteiger partial charge in [0.25, 0.3) is 0 Å². The van der Waals surface area contributed by atoms with Gasteiger partial charge in [0.15, 0.2) is 0 Å². The van der Waals surface area contributed by atoms with E-state index >= 15 is 0 Å². The summed E-state index contributed by atoms with van der Waals surface area (Å²) < 4.78 is 5.13. The molecule has 1 N–H and O–H groups in total. The SMILES string of the molecule is CC/C=C\C/C=C\C/C=C\C/C=C\CC=C=CCCC(=O)Oc1ccccc1C(=O)O. The maximum absolute atomic E-state index is 11.8. The van der Waals surface area contributed by atoms with Crippen molar-refractivity contribution >= 4 is 11.9 Å². The maximum atomic E-state index is 11.8. The fourth-order valence-electron chi connectivity index (χ4n) is 2.47. The molecule has 0 saturated carbocycles. The molecule has 0 atom stereocenters. The molecule has 0 amide bonds. The van der Waals surface area contributed by atoms with Crippen molar-refractivity contribution in [3.8, 4) is 5.75 Å². The number of carbonyl (C=O) groups excluding carboxylic acids is 1. The molecule has 0 radical (unpaired) electrons. The number of hydrogen-bond acceptors (Lipinski definition) is 3. The Morgan fingerprint density at radius 2 is 1.45 bits per heavy atom. The van der Waals surface area contributed by atoms with Gasteiger partial charge in [0, 0.05) is 6.42 Å². The van der Waals surface area contributed by atoms with Crippen LogP contribution in [0.4, 0.5) is 0 Å². The molecule has 0 aliphatic rings. The molecule has 1 aromatic carbocycles. The summed E-state index contributed by atoms with van der Waals surface area (Å²) >= 11 is 0. The molecule has 4 heteroatoms. The van der Waals surface area contributed by atoms with Crippen LogP contribution >= 0.6 is 0 Å². The van der Waals surface area contributed by atoms with Gasteiger partial charge in [-0.1, -0.05) is 67.7 Å². The third-order valence-electron chi connectivity index (χ3n) is 4.04. The monoisotopic (exact) mass is 420 g/mol. The second-order valence-corrected chi connectivity index (χ2v) is 6.63. The first-order chi connectivity index (χ1) is 15.1. The summed E-state index contributed by atoms with van der Waals surface area (Å²) in [4.78, 5) is 23.0. The number of carboxylic acid groups (broad SMARTS) is 1. The van der Waals surface area contributed by atoms with Gasteiger partial charge in [-0.25, -0.2) is 4.79 Å². The lowest BCUT2D eigenvalue weighted by Gasteiger charge is -2.06. The van der Waals surface area contributed by atoms with Gasteiger partial charge >= 0.3 is 11.9 Å². The van der Waals surface area contributed by atoms with E-state index in [1.165, 1.54) is 12.1 Å². The van der Waals surface area contributed by atoms with E-state index in [1.807, 2.05) is 6.08 Å². The Morgan fingerprint density at radius 3 is 2.06 bits per heavy atom. The number of ether oxygens (including phenoxy) is 1. The van der Waals surface area contributed by atoms with Gasteiger partial charge in [0.05, 0.1) is 0 Å². The van der Waals surface area contributed by atoms with Gasteiger partial charge in [-0.15, -0.1) is 5.73 Å². The fourth-order valence-corrected chi connectivity index (χ4v) is 2.47. The van der Waals surface area contributed by atoms with E-state index < -0.39 is 11.9 Å². The largest absolute Gasteiger partial charge is 0.478 e. The number of carboxylic acids is 1. The van der Waals surface area contributed by atoms with Crippen LogP contribution in [0.2, 0.25) is 0 Å². The highest BCUT2D eigenvalue weighted by molar-refractivity contribution is 5.91. The fraction of sp³-hybridized carbons (Fsp3) is 0.296. The van der Waals surface area contributed by atoms with Gasteiger partial charge in [-0.05, 0) is 62.8 Å². The maximum Gasteiger partial charge on any atom is 0.339 e. The van der Waals surface area contributed by atoms with Crippen LogP contribution in [-0.4, -0.2) is 17.0 Å². The molecule has 1 rings (SSSR count). The number of esters is 1. The summed E-state index contributed by atoms with van der Waals surface area (Å²) in [6.45, 7) is 2.13. The molecular formula is C27H32O4. The first-order valence-corrected chi connectivity index (χ1v) is 10.7. The van der Waals surface area contributed by atoms with Crippen LogP contribution in [0.5, 0.6) is 5.75 Å². The summed E-state index contributed by atoms with van der Waals surface area (Å²) in [5.74, 6) is -1.52. The van der Waals surface area contributed by atoms with Gasteiger partial charge in [-0.2, -0.15) is 0 Å². The predicted molar refractivity (Wildman–Crippen MR) is 126 cm³/mol. The Bertz CT molecular complexity index is 850. The van der Waals surface area contributed by atoms with Crippen LogP contribution < -0.4 is 4.74 Å². The average Bonchev–Trinajstić information content (AvgIpc) is 2.76. The second kappa shape index (κ2) is 17.5. The van der Waals surface area contributed by atoms with Crippen LogP contribution in [0, 0.1) is 0 Å². The zero-order valence-electron chi connectivity index (χ0n) is 18.2. The van der Waals surface area contributed by atoms with Crippen LogP contribution in [0.1, 0.15) is 62.2 Å². The molecule has 31 heavy (non-hydrogen) atoms. The Morgan fingerprint density at radius 1 is 0.871 bits per heavy atom. The number of rotatable bonds is 14. The molecule has 0 aromatic heterocycles. The van der Waals surface area contributed by atoms with E-state index in [1.54, 1.807) is 18.2 Å². The van der Waals surface area contributed by atoms with Gasteiger partial charge in [0.2, 0.25) is 0 Å². The average molecular weight is 421 g/mol. The number of benzene rings is 1. The number of allylic oxidation sites excluding steroid dienone is 9. The highest BCUT2D eigenvalue weighted by Crippen LogP contribution is 2.18. The lowest BCUT2D eigenvalue weighted by atomic mass is 10.2. The molecule has 0 aliphatic carbocycles. The number of hydrogen-bond donors (Lipinski definition) is 1. The van der Waals surface area contributed by atoms with E-state index in [0.29, 0.717) is 6.42 Å². The molecule has 0 saturated heterocycles. The van der Waals surface area contributed by atoms with Crippen LogP contribution in [0.15, 0.2) is 90.8 Å². The zero-order chi connectivity index (χ0) is 22.6. The minimum Gasteiger partial charge on any atom is -0.478 e. The topological polar surface area (TPSA) is 63.6 Å². The summed E-state index contributed by atoms with van der Waals surface area (Å²) in [5, 5.41) is 9.09. The quantitative estimate of drug-likeness (QED) is 0.153. The minimum absolute atomic E-state index is 0.0239. The molecule has 0 heterocycles. The summed E-state index contributed by atoms with van der Waals surface area (Å²) in [5.41, 5.74) is 3.01. The van der Waals surface area contributed by atoms with E-state index in [4.69, 9.17) is 9.84 Å². The van der Waals surface area contributed by atoms with Gasteiger partial charge in [0.1, 0.15) is 11.3 Å². The van der Waals surface area contributed by atoms with E-state index in [-0.39, 0.29) is 17.7 Å². The van der Waals surface area contributed by atoms with Crippen LogP contribution in [0.3, 0.4) is 0 Å². The summed E-state index contributed by atoms with van der Waals surface area (Å²) in [7, 11) is 0. The highest BCUT2D eigenvalue weighted by atomic mass is 16.5. The van der Waals surface area contributed by atoms with Gasteiger partial charge in [-0.3, -0.25) is 4.79 Å². The predicted octanol–water partition coefficient (Wildman–Crippen LogP) is 6.98. The van der Waals surface area contributed by atoms with Crippen molar-refractivity contribution in [2.45, 2.75) is 51.9 Å². The molecule has 0 aliphatic heterocycles. The number of para-hydroxylation sites is 1. The Labute approximate surface area is 185 Å². The van der Waals surface area contributed by atoms with Gasteiger partial charge < -0.3 is 9.84 Å². The molecule has 4 nitrogen and oxygen atoms in total. The lowest BCUT2D eigenvalue weighted by Crippen LogP contribution is -2.10. The van der Waals surface area contributed by atoms with Crippen molar-refractivity contribution in [2.75, 3.05) is 0 Å². The Hall–Kier alpha value is -3.36. The summed E-state index contributed by atoms with van der Waals surface area (Å²) in [6.07, 6.45) is 26.3. The zero-order valence-corrected chi connectivity index (χ0v) is 18.2. The first kappa shape index (κ1) is 25.7.